The second kappa shape index (κ2) is 38.2. The minimum absolute atomic E-state index is 0.0501. The smallest absolute Gasteiger partial charge is 0.164 e. The van der Waals surface area contributed by atoms with Gasteiger partial charge in [-0.2, -0.15) is 0 Å². The first-order valence-electron chi connectivity index (χ1n) is 32.0. The van der Waals surface area contributed by atoms with E-state index in [0.717, 1.165) is 90.4 Å². The lowest BCUT2D eigenvalue weighted by Crippen LogP contribution is -2.12. The van der Waals surface area contributed by atoms with Gasteiger partial charge in [0.05, 0.1) is 90.3 Å². The molecule has 1 saturated carbocycles. The Kier molecular flexibility index (Phi) is 31.8. The van der Waals surface area contributed by atoms with Gasteiger partial charge in [0.2, 0.25) is 0 Å². The van der Waals surface area contributed by atoms with Crippen LogP contribution in [-0.2, 0) is 10.8 Å². The summed E-state index contributed by atoms with van der Waals surface area (Å²) in [5, 5.41) is 2.84. The van der Waals surface area contributed by atoms with Crippen LogP contribution in [0.3, 0.4) is 0 Å². The summed E-state index contributed by atoms with van der Waals surface area (Å²) in [4.78, 5) is 0. The Balaban J connectivity index is 0.000000299. The SMILES string of the molecule is COc1c(N)cc(C(C)(C)C)cc1N.COc1c(N)cc(C(C)C)cc1N.COc1c(N)cc(C)cc1N.COc1c(N)cc(C2(C)CC2)cc1N.Cc1c(N)cccc1N.Cc1cc(N)c(C)cc1N.Nc1cc(F)cc(N)c1Cl.Nc1cc(N)cc(Cl)c1.Nc1ccc(N)c2ccccc12. The molecule has 0 spiro atoms. The summed E-state index contributed by atoms with van der Waals surface area (Å²) in [6, 6.07) is 43.3. The minimum atomic E-state index is -0.473. The molecule has 0 unspecified atom stereocenters. The number of ether oxygens (including phenoxy) is 4. The first-order chi connectivity index (χ1) is 47.5. The number of aryl methyl sites for hydroxylation is 3. The van der Waals surface area contributed by atoms with Crippen LogP contribution >= 0.6 is 23.2 Å². The van der Waals surface area contributed by atoms with Crippen LogP contribution in [-0.4, -0.2) is 28.4 Å². The fraction of sp³-hybridized carbons (Fsp3) is 0.247. The fourth-order valence-electron chi connectivity index (χ4n) is 9.56. The van der Waals surface area contributed by atoms with Crippen molar-refractivity contribution in [3.05, 3.63) is 200 Å². The summed E-state index contributed by atoms with van der Waals surface area (Å²) in [5.41, 5.74) is 120. The van der Waals surface area contributed by atoms with Gasteiger partial charge < -0.3 is 122 Å². The van der Waals surface area contributed by atoms with Crippen molar-refractivity contribution in [2.24, 2.45) is 0 Å². The molecule has 0 aliphatic heterocycles. The molecule has 10 aromatic carbocycles. The summed E-state index contributed by atoms with van der Waals surface area (Å²) >= 11 is 11.1. The Labute approximate surface area is 610 Å². The van der Waals surface area contributed by atoms with Crippen LogP contribution in [0.2, 0.25) is 10.0 Å². The Bertz CT molecular complexity index is 4100. The molecule has 102 heavy (non-hydrogen) atoms. The molecule has 0 saturated heterocycles. The lowest BCUT2D eigenvalue weighted by atomic mass is 9.86. The number of hydrogen-bond donors (Lipinski definition) is 18. The molecule has 1 aliphatic rings. The van der Waals surface area contributed by atoms with E-state index in [9.17, 15) is 4.39 Å². The number of anilines is 18. The quantitative estimate of drug-likeness (QED) is 0.0688. The molecule has 10 aromatic rings. The van der Waals surface area contributed by atoms with Crippen LogP contribution in [0.4, 0.5) is 107 Å². The molecule has 0 aromatic heterocycles. The normalized spacial score (nSPS) is 11.2. The predicted molar refractivity (Wildman–Crippen MR) is 439 cm³/mol. The fourth-order valence-corrected chi connectivity index (χ4v) is 9.92. The molecular weight excluding hydrogens is 1330 g/mol. The number of nitrogens with two attached hydrogens (primary N) is 18. The van der Waals surface area contributed by atoms with E-state index in [0.29, 0.717) is 96.2 Å². The summed E-state index contributed by atoms with van der Waals surface area (Å²) < 4.78 is 32.6. The average Bonchev–Trinajstić information content (AvgIpc) is 1.67. The van der Waals surface area contributed by atoms with Crippen molar-refractivity contribution in [3.63, 3.8) is 0 Å². The number of halogens is 3. The third-order valence-electron chi connectivity index (χ3n) is 15.9. The van der Waals surface area contributed by atoms with Crippen molar-refractivity contribution in [2.75, 3.05) is 132 Å². The van der Waals surface area contributed by atoms with Gasteiger partial charge in [-0.25, -0.2) is 4.39 Å². The topological polar surface area (TPSA) is 505 Å². The summed E-state index contributed by atoms with van der Waals surface area (Å²) in [7, 11) is 6.27. The highest BCUT2D eigenvalue weighted by molar-refractivity contribution is 6.35. The van der Waals surface area contributed by atoms with Crippen molar-refractivity contribution in [3.8, 4) is 23.0 Å². The van der Waals surface area contributed by atoms with Crippen molar-refractivity contribution < 1.29 is 23.3 Å². The van der Waals surface area contributed by atoms with Crippen LogP contribution in [0.15, 0.2) is 146 Å². The molecule has 25 heteroatoms. The maximum atomic E-state index is 12.4. The van der Waals surface area contributed by atoms with Crippen molar-refractivity contribution in [1.82, 2.24) is 0 Å². The van der Waals surface area contributed by atoms with Gasteiger partial charge in [-0.1, -0.05) is 95.1 Å². The van der Waals surface area contributed by atoms with Crippen LogP contribution < -0.4 is 122 Å². The van der Waals surface area contributed by atoms with E-state index in [-0.39, 0.29) is 21.8 Å². The predicted octanol–water partition coefficient (Wildman–Crippen LogP) is 15.0. The number of fused-ring (bicyclic) bond motifs is 1. The number of nitrogen functional groups attached to an aromatic ring is 18. The van der Waals surface area contributed by atoms with Gasteiger partial charge in [0, 0.05) is 61.3 Å². The Morgan fingerprint density at radius 2 is 0.735 bits per heavy atom. The molecule has 1 fully saturated rings. The van der Waals surface area contributed by atoms with E-state index in [1.807, 2.05) is 143 Å². The average molecular weight is 1440 g/mol. The lowest BCUT2D eigenvalue weighted by molar-refractivity contribution is 0.418. The van der Waals surface area contributed by atoms with Crippen LogP contribution in [0, 0.1) is 33.5 Å². The molecule has 1 aliphatic carbocycles. The zero-order valence-electron chi connectivity index (χ0n) is 61.0. The molecular formula is C77H107Cl2FN18O4. The summed E-state index contributed by atoms with van der Waals surface area (Å²) in [6.45, 7) is 20.5. The number of rotatable bonds is 6. The summed E-state index contributed by atoms with van der Waals surface area (Å²) in [5.74, 6) is 2.26. The molecule has 36 N–H and O–H groups in total. The minimum Gasteiger partial charge on any atom is -0.492 e. The van der Waals surface area contributed by atoms with Gasteiger partial charge in [0.15, 0.2) is 23.0 Å². The Morgan fingerprint density at radius 1 is 0.392 bits per heavy atom. The molecule has 0 atom stereocenters. The Hall–Kier alpha value is -11.4. The van der Waals surface area contributed by atoms with Gasteiger partial charge in [-0.05, 0) is 211 Å². The zero-order chi connectivity index (χ0) is 77.4. The number of benzene rings is 10. The van der Waals surface area contributed by atoms with E-state index in [4.69, 9.17) is 145 Å². The van der Waals surface area contributed by atoms with Gasteiger partial charge in [0.25, 0.3) is 0 Å². The van der Waals surface area contributed by atoms with E-state index in [2.05, 4.69) is 41.5 Å². The molecule has 0 heterocycles. The van der Waals surface area contributed by atoms with E-state index in [1.165, 1.54) is 18.4 Å². The second-order valence-corrected chi connectivity index (χ2v) is 26.5. The maximum absolute atomic E-state index is 12.4. The molecule has 0 bridgehead atoms. The monoisotopic (exact) mass is 1440 g/mol. The first-order valence-corrected chi connectivity index (χ1v) is 32.8. The van der Waals surface area contributed by atoms with Gasteiger partial charge >= 0.3 is 0 Å². The van der Waals surface area contributed by atoms with Gasteiger partial charge in [0.1, 0.15) is 5.82 Å². The molecule has 11 rings (SSSR count). The third-order valence-corrected chi connectivity index (χ3v) is 16.6. The number of hydrogen-bond acceptors (Lipinski definition) is 22. The third kappa shape index (κ3) is 25.4. The van der Waals surface area contributed by atoms with E-state index in [1.54, 1.807) is 46.6 Å². The summed E-state index contributed by atoms with van der Waals surface area (Å²) in [6.07, 6.45) is 2.44. The highest BCUT2D eigenvalue weighted by Gasteiger charge is 2.39. The molecule has 550 valence electrons. The zero-order valence-corrected chi connectivity index (χ0v) is 62.5. The van der Waals surface area contributed by atoms with Gasteiger partial charge in [-0.3, -0.25) is 0 Å². The Morgan fingerprint density at radius 3 is 1.05 bits per heavy atom. The van der Waals surface area contributed by atoms with Crippen LogP contribution in [0.1, 0.15) is 99.2 Å². The molecule has 0 radical (unpaired) electrons. The van der Waals surface area contributed by atoms with Crippen LogP contribution in [0.25, 0.3) is 10.8 Å². The van der Waals surface area contributed by atoms with Crippen molar-refractivity contribution >= 4 is 136 Å². The maximum Gasteiger partial charge on any atom is 0.164 e. The van der Waals surface area contributed by atoms with E-state index >= 15 is 0 Å². The highest BCUT2D eigenvalue weighted by atomic mass is 35.5. The van der Waals surface area contributed by atoms with E-state index < -0.39 is 5.82 Å². The van der Waals surface area contributed by atoms with Gasteiger partial charge in [-0.15, -0.1) is 0 Å². The second-order valence-electron chi connectivity index (χ2n) is 25.7. The first kappa shape index (κ1) is 84.8. The van der Waals surface area contributed by atoms with Crippen molar-refractivity contribution in [2.45, 2.75) is 98.8 Å². The van der Waals surface area contributed by atoms with Crippen LogP contribution in [0.5, 0.6) is 23.0 Å². The highest BCUT2D eigenvalue weighted by Crippen LogP contribution is 2.50. The van der Waals surface area contributed by atoms with Crippen molar-refractivity contribution in [1.29, 1.82) is 0 Å². The lowest BCUT2D eigenvalue weighted by Gasteiger charge is -2.21. The largest absolute Gasteiger partial charge is 0.492 e. The molecule has 22 nitrogen and oxygen atoms in total. The standard InChI is InChI=1S/C11H16N2O.C11H18N2O.C10H16N2O.C10H10N2.C8H12N2O.C8H12N2.C7H10N2.C6H6ClFN2.C6H7ClN2/c1-11(3-4-11)7-5-8(12)10(14-2)9(13)6-7;1-11(2,3)7-5-8(12)10(14-4)9(13)6-7;1-6(2)7-4-8(11)10(13-3)9(12)5-7;11-9-5-6-10(12)8-4-2-1-3-7(8)9;1-5-3-6(9)8(11-2)7(10)4-5;1-5-3-8(10)6(2)4-7(5)9;1-5-6(8)3-2-4-7(5)9;7-6-4(9)1-3(8)2-5(6)10;7-4-1-5(8)3-6(9)2-4/h5-6H,3-4,12-13H2,1-2H3;5-6H,12-13H2,1-4H3;4-6H,11-12H2,1-3H3;1-6H,11-12H2;3-4H,9-10H2,1-2H3;3-4H,9-10H2,1-2H3;2-4H,8-9H2,1H3;1-2H,9-10H2;1-3H,8-9H2. The number of methoxy groups -OCH3 is 4. The molecule has 0 amide bonds.